The molecule has 0 spiro atoms. The third-order valence-electron chi connectivity index (χ3n) is 2.77. The van der Waals surface area contributed by atoms with Crippen LogP contribution in [0.3, 0.4) is 0 Å². The van der Waals surface area contributed by atoms with Crippen LogP contribution in [0.25, 0.3) is 11.0 Å². The van der Waals surface area contributed by atoms with Gasteiger partial charge in [-0.25, -0.2) is 4.98 Å². The molecule has 0 amide bonds. The first-order valence-electron chi connectivity index (χ1n) is 6.06. The number of nitrogens with two attached hydrogens (primary N) is 1. The highest BCUT2D eigenvalue weighted by Crippen LogP contribution is 2.15. The number of amidine groups is 1. The smallest absolute Gasteiger partial charge is 0.307 e. The minimum Gasteiger partial charge on any atom is -0.466 e. The van der Waals surface area contributed by atoms with Gasteiger partial charge in [-0.3, -0.25) is 10.2 Å². The molecule has 0 aliphatic rings. The number of aromatic nitrogens is 2. The summed E-state index contributed by atoms with van der Waals surface area (Å²) < 4.78 is 6.77. The molecule has 3 N–H and O–H groups in total. The van der Waals surface area contributed by atoms with E-state index in [-0.39, 0.29) is 11.8 Å². The molecule has 100 valence electrons. The van der Waals surface area contributed by atoms with E-state index in [1.165, 1.54) is 0 Å². The molecule has 0 radical (unpaired) electrons. The Bertz CT molecular complexity index is 618. The van der Waals surface area contributed by atoms with E-state index in [0.717, 1.165) is 11.0 Å². The minimum absolute atomic E-state index is 0.00586. The van der Waals surface area contributed by atoms with E-state index < -0.39 is 0 Å². The number of hydrogen-bond donors (Lipinski definition) is 2. The number of rotatable bonds is 5. The highest BCUT2D eigenvalue weighted by atomic mass is 16.5. The van der Waals surface area contributed by atoms with Crippen molar-refractivity contribution >= 4 is 22.8 Å². The first-order chi connectivity index (χ1) is 9.11. The standard InChI is InChI=1S/C13H16N4O2/c1-2-19-11(18)4-6-17-5-3-9-7-10(12(14)15)8-16-13(9)17/h3,5,7-8H,2,4,6H2,1H3,(H3,14,15). The van der Waals surface area contributed by atoms with Gasteiger partial charge in [-0.1, -0.05) is 0 Å². The molecule has 0 unspecified atom stereocenters. The lowest BCUT2D eigenvalue weighted by Gasteiger charge is -2.05. The van der Waals surface area contributed by atoms with Gasteiger partial charge in [-0.2, -0.15) is 0 Å². The fraction of sp³-hybridized carbons (Fsp3) is 0.308. The number of hydrogen-bond acceptors (Lipinski definition) is 4. The highest BCUT2D eigenvalue weighted by Gasteiger charge is 2.07. The Morgan fingerprint density at radius 1 is 1.58 bits per heavy atom. The van der Waals surface area contributed by atoms with Crippen LogP contribution in [0.2, 0.25) is 0 Å². The second kappa shape index (κ2) is 5.51. The van der Waals surface area contributed by atoms with Crippen LogP contribution in [0.15, 0.2) is 24.5 Å². The van der Waals surface area contributed by atoms with E-state index >= 15 is 0 Å². The quantitative estimate of drug-likeness (QED) is 0.481. The van der Waals surface area contributed by atoms with Gasteiger partial charge in [-0.15, -0.1) is 0 Å². The lowest BCUT2D eigenvalue weighted by atomic mass is 10.2. The predicted molar refractivity (Wildman–Crippen MR) is 72.0 cm³/mol. The topological polar surface area (TPSA) is 94.0 Å². The summed E-state index contributed by atoms with van der Waals surface area (Å²) in [6, 6.07) is 3.70. The third kappa shape index (κ3) is 2.90. The second-order valence-corrected chi connectivity index (χ2v) is 4.11. The molecular formula is C13H16N4O2. The molecule has 0 atom stereocenters. The number of pyridine rings is 1. The summed E-state index contributed by atoms with van der Waals surface area (Å²) in [5.41, 5.74) is 6.78. The summed E-state index contributed by atoms with van der Waals surface area (Å²) in [6.07, 6.45) is 3.74. The number of nitrogens with zero attached hydrogens (tertiary/aromatic N) is 2. The van der Waals surface area contributed by atoms with Crippen LogP contribution >= 0.6 is 0 Å². The van der Waals surface area contributed by atoms with Gasteiger partial charge in [0.05, 0.1) is 13.0 Å². The Balaban J connectivity index is 2.17. The fourth-order valence-corrected chi connectivity index (χ4v) is 1.85. The average molecular weight is 260 g/mol. The zero-order chi connectivity index (χ0) is 13.8. The first kappa shape index (κ1) is 13.1. The number of ether oxygens (including phenoxy) is 1. The number of aryl methyl sites for hydroxylation is 1. The summed E-state index contributed by atoms with van der Waals surface area (Å²) >= 11 is 0. The van der Waals surface area contributed by atoms with Gasteiger partial charge in [0.2, 0.25) is 0 Å². The zero-order valence-corrected chi connectivity index (χ0v) is 10.7. The van der Waals surface area contributed by atoms with Crippen molar-refractivity contribution in [2.24, 2.45) is 5.73 Å². The Morgan fingerprint density at radius 3 is 3.05 bits per heavy atom. The molecule has 0 aromatic carbocycles. The molecule has 6 heteroatoms. The van der Waals surface area contributed by atoms with E-state index in [9.17, 15) is 4.79 Å². The largest absolute Gasteiger partial charge is 0.466 e. The molecule has 0 saturated heterocycles. The maximum atomic E-state index is 11.3. The molecule has 0 aliphatic heterocycles. The van der Waals surface area contributed by atoms with E-state index in [2.05, 4.69) is 4.98 Å². The Morgan fingerprint density at radius 2 is 2.37 bits per heavy atom. The van der Waals surface area contributed by atoms with Crippen LogP contribution in [-0.4, -0.2) is 28.0 Å². The molecule has 0 aliphatic carbocycles. The van der Waals surface area contributed by atoms with Crippen molar-refractivity contribution in [3.05, 3.63) is 30.1 Å². The van der Waals surface area contributed by atoms with Crippen molar-refractivity contribution in [2.45, 2.75) is 19.9 Å². The van der Waals surface area contributed by atoms with Gasteiger partial charge in [0.15, 0.2) is 0 Å². The molecule has 0 fully saturated rings. The van der Waals surface area contributed by atoms with Crippen molar-refractivity contribution in [2.75, 3.05) is 6.61 Å². The van der Waals surface area contributed by atoms with Gasteiger partial charge in [0, 0.05) is 29.9 Å². The highest BCUT2D eigenvalue weighted by molar-refractivity contribution is 5.97. The van der Waals surface area contributed by atoms with Gasteiger partial charge < -0.3 is 15.0 Å². The van der Waals surface area contributed by atoms with E-state index in [1.54, 1.807) is 13.1 Å². The van der Waals surface area contributed by atoms with Crippen LogP contribution in [0.1, 0.15) is 18.9 Å². The van der Waals surface area contributed by atoms with Crippen molar-refractivity contribution in [1.82, 2.24) is 9.55 Å². The molecule has 2 rings (SSSR count). The van der Waals surface area contributed by atoms with Crippen LogP contribution in [0, 0.1) is 5.41 Å². The van der Waals surface area contributed by atoms with Crippen LogP contribution in [0.4, 0.5) is 0 Å². The molecule has 2 aromatic rings. The number of nitrogen functional groups attached to an aromatic ring is 1. The monoisotopic (exact) mass is 260 g/mol. The number of esters is 1. The Hall–Kier alpha value is -2.37. The van der Waals surface area contributed by atoms with Crippen LogP contribution in [0.5, 0.6) is 0 Å². The van der Waals surface area contributed by atoms with Crippen molar-refractivity contribution in [1.29, 1.82) is 5.41 Å². The van der Waals surface area contributed by atoms with Gasteiger partial charge in [0.25, 0.3) is 0 Å². The SMILES string of the molecule is CCOC(=O)CCn1ccc2cc(C(=N)N)cnc21. The van der Waals surface area contributed by atoms with Crippen LogP contribution in [-0.2, 0) is 16.1 Å². The van der Waals surface area contributed by atoms with Gasteiger partial charge >= 0.3 is 5.97 Å². The second-order valence-electron chi connectivity index (χ2n) is 4.11. The summed E-state index contributed by atoms with van der Waals surface area (Å²) in [5, 5.41) is 8.27. The normalized spacial score (nSPS) is 10.6. The molecule has 0 saturated carbocycles. The number of carbonyl (C=O) groups excluding carboxylic acids is 1. The molecule has 0 bridgehead atoms. The Kier molecular flexibility index (Phi) is 3.79. The lowest BCUT2D eigenvalue weighted by Crippen LogP contribution is -2.11. The van der Waals surface area contributed by atoms with E-state index in [1.807, 2.05) is 22.9 Å². The van der Waals surface area contributed by atoms with Gasteiger partial charge in [0.1, 0.15) is 11.5 Å². The average Bonchev–Trinajstić information content (AvgIpc) is 2.79. The van der Waals surface area contributed by atoms with Crippen LogP contribution < -0.4 is 5.73 Å². The molecule has 2 aromatic heterocycles. The van der Waals surface area contributed by atoms with Gasteiger partial charge in [-0.05, 0) is 19.1 Å². The molecular weight excluding hydrogens is 244 g/mol. The lowest BCUT2D eigenvalue weighted by molar-refractivity contribution is -0.143. The minimum atomic E-state index is -0.218. The predicted octanol–water partition coefficient (Wildman–Crippen LogP) is 1.27. The van der Waals surface area contributed by atoms with E-state index in [4.69, 9.17) is 15.9 Å². The van der Waals surface area contributed by atoms with E-state index in [0.29, 0.717) is 25.1 Å². The maximum Gasteiger partial charge on any atom is 0.307 e. The fourth-order valence-electron chi connectivity index (χ4n) is 1.85. The summed E-state index contributed by atoms with van der Waals surface area (Å²) in [7, 11) is 0. The number of carbonyl (C=O) groups is 1. The maximum absolute atomic E-state index is 11.3. The molecule has 2 heterocycles. The Labute approximate surface area is 110 Å². The van der Waals surface area contributed by atoms with Crippen molar-refractivity contribution in [3.8, 4) is 0 Å². The summed E-state index contributed by atoms with van der Waals surface area (Å²) in [4.78, 5) is 15.6. The zero-order valence-electron chi connectivity index (χ0n) is 10.7. The van der Waals surface area contributed by atoms with Crippen molar-refractivity contribution < 1.29 is 9.53 Å². The third-order valence-corrected chi connectivity index (χ3v) is 2.77. The molecule has 6 nitrogen and oxygen atoms in total. The molecule has 19 heavy (non-hydrogen) atoms. The number of nitrogens with one attached hydrogen (secondary N) is 1. The summed E-state index contributed by atoms with van der Waals surface area (Å²) in [5.74, 6) is -0.224. The number of fused-ring (bicyclic) bond motifs is 1. The summed E-state index contributed by atoms with van der Waals surface area (Å²) in [6.45, 7) is 2.70. The van der Waals surface area contributed by atoms with Crippen molar-refractivity contribution in [3.63, 3.8) is 0 Å². The first-order valence-corrected chi connectivity index (χ1v) is 6.06.